The Morgan fingerprint density at radius 1 is 0.952 bits per heavy atom. The van der Waals surface area contributed by atoms with Crippen LogP contribution in [0.25, 0.3) is 0 Å². The maximum absolute atomic E-state index is 4.00. The van der Waals surface area contributed by atoms with Gasteiger partial charge in [-0.1, -0.05) is 45.0 Å². The number of rotatable bonds is 5. The summed E-state index contributed by atoms with van der Waals surface area (Å²) in [5.41, 5.74) is 2.15. The Balaban J connectivity index is 0.000000211. The van der Waals surface area contributed by atoms with E-state index in [4.69, 9.17) is 0 Å². The van der Waals surface area contributed by atoms with E-state index in [9.17, 15) is 0 Å². The van der Waals surface area contributed by atoms with Gasteiger partial charge >= 0.3 is 0 Å². The minimum Gasteiger partial charge on any atom is -0.253 e. The summed E-state index contributed by atoms with van der Waals surface area (Å²) in [5, 5.41) is 15.9. The van der Waals surface area contributed by atoms with Crippen molar-refractivity contribution in [1.82, 2.24) is 30.0 Å². The second kappa shape index (κ2) is 8.54. The number of hydrogen-bond donors (Lipinski definition) is 0. The van der Waals surface area contributed by atoms with E-state index in [0.29, 0.717) is 11.8 Å². The molecule has 0 spiro atoms. The standard InChI is InChI=1S/C8H15N3.C7H13N3/c1-4-8-6-11(10-9-8)5-7(2)3;1-4-10-5-7(6(2)3)8-9-10/h6-7H,4-5H2,1-3H3;5-6H,4H2,1-3H3. The van der Waals surface area contributed by atoms with Crippen molar-refractivity contribution >= 4 is 0 Å². The molecule has 0 saturated carbocycles. The van der Waals surface area contributed by atoms with Gasteiger partial charge in [-0.25, -0.2) is 0 Å². The summed E-state index contributed by atoms with van der Waals surface area (Å²) in [5.74, 6) is 1.13. The molecule has 0 unspecified atom stereocenters. The van der Waals surface area contributed by atoms with Crippen molar-refractivity contribution in [2.75, 3.05) is 0 Å². The average molecular weight is 292 g/mol. The fourth-order valence-corrected chi connectivity index (χ4v) is 1.70. The third-order valence-corrected chi connectivity index (χ3v) is 2.97. The van der Waals surface area contributed by atoms with Crippen LogP contribution in [0.4, 0.5) is 0 Å². The number of nitrogens with zero attached hydrogens (tertiary/aromatic N) is 6. The first kappa shape index (κ1) is 17.3. The number of aromatic nitrogens is 6. The Hall–Kier alpha value is -1.72. The summed E-state index contributed by atoms with van der Waals surface area (Å²) in [7, 11) is 0. The molecular weight excluding hydrogens is 264 g/mol. The van der Waals surface area contributed by atoms with Gasteiger partial charge in [-0.3, -0.25) is 9.36 Å². The molecule has 0 aliphatic rings. The lowest BCUT2D eigenvalue weighted by molar-refractivity contribution is 0.472. The summed E-state index contributed by atoms with van der Waals surface area (Å²) in [6.45, 7) is 14.6. The molecule has 0 bridgehead atoms. The second-order valence-corrected chi connectivity index (χ2v) is 5.83. The largest absolute Gasteiger partial charge is 0.253 e. The average Bonchev–Trinajstić information content (AvgIpc) is 3.07. The number of hydrogen-bond acceptors (Lipinski definition) is 4. The third-order valence-electron chi connectivity index (χ3n) is 2.97. The summed E-state index contributed by atoms with van der Waals surface area (Å²) in [6.07, 6.45) is 4.97. The van der Waals surface area contributed by atoms with Crippen LogP contribution >= 0.6 is 0 Å². The Labute approximate surface area is 127 Å². The molecule has 0 aliphatic heterocycles. The highest BCUT2D eigenvalue weighted by Crippen LogP contribution is 2.08. The van der Waals surface area contributed by atoms with E-state index in [1.807, 2.05) is 21.8 Å². The van der Waals surface area contributed by atoms with Crippen molar-refractivity contribution in [3.8, 4) is 0 Å². The SMILES string of the molecule is CCc1cn(CC(C)C)nn1.CCn1cc(C(C)C)nn1. The fourth-order valence-electron chi connectivity index (χ4n) is 1.70. The van der Waals surface area contributed by atoms with Crippen LogP contribution in [-0.2, 0) is 19.5 Å². The highest BCUT2D eigenvalue weighted by atomic mass is 15.4. The van der Waals surface area contributed by atoms with Crippen LogP contribution in [-0.4, -0.2) is 30.0 Å². The summed E-state index contributed by atoms with van der Waals surface area (Å²) < 4.78 is 3.75. The molecule has 2 aromatic rings. The third kappa shape index (κ3) is 6.06. The van der Waals surface area contributed by atoms with Gasteiger partial charge in [0.1, 0.15) is 0 Å². The van der Waals surface area contributed by atoms with Crippen LogP contribution in [0.15, 0.2) is 12.4 Å². The van der Waals surface area contributed by atoms with Crippen LogP contribution in [0.5, 0.6) is 0 Å². The minimum absolute atomic E-state index is 0.486. The molecule has 2 heterocycles. The lowest BCUT2D eigenvalue weighted by atomic mass is 10.2. The van der Waals surface area contributed by atoms with Crippen LogP contribution in [0.1, 0.15) is 58.8 Å². The Morgan fingerprint density at radius 2 is 1.62 bits per heavy atom. The van der Waals surface area contributed by atoms with E-state index in [0.717, 1.165) is 30.9 Å². The molecule has 0 atom stereocenters. The molecule has 21 heavy (non-hydrogen) atoms. The Morgan fingerprint density at radius 3 is 2.00 bits per heavy atom. The molecule has 118 valence electrons. The molecule has 0 radical (unpaired) electrons. The summed E-state index contributed by atoms with van der Waals surface area (Å²) in [6, 6.07) is 0. The van der Waals surface area contributed by atoms with Gasteiger partial charge in [0.2, 0.25) is 0 Å². The molecule has 0 amide bonds. The van der Waals surface area contributed by atoms with Gasteiger partial charge < -0.3 is 0 Å². The molecule has 0 fully saturated rings. The van der Waals surface area contributed by atoms with Crippen LogP contribution in [0.3, 0.4) is 0 Å². The van der Waals surface area contributed by atoms with Crippen LogP contribution in [0, 0.1) is 5.92 Å². The topological polar surface area (TPSA) is 61.4 Å². The van der Waals surface area contributed by atoms with Crippen molar-refractivity contribution in [2.24, 2.45) is 5.92 Å². The number of aryl methyl sites for hydroxylation is 2. The quantitative estimate of drug-likeness (QED) is 0.850. The van der Waals surface area contributed by atoms with Crippen molar-refractivity contribution in [3.05, 3.63) is 23.8 Å². The molecule has 0 aliphatic carbocycles. The zero-order valence-corrected chi connectivity index (χ0v) is 14.1. The maximum Gasteiger partial charge on any atom is 0.0852 e. The van der Waals surface area contributed by atoms with E-state index < -0.39 is 0 Å². The maximum atomic E-state index is 4.00. The predicted octanol–water partition coefficient (Wildman–Crippen LogP) is 2.92. The summed E-state index contributed by atoms with van der Waals surface area (Å²) >= 11 is 0. The van der Waals surface area contributed by atoms with Gasteiger partial charge in [0.25, 0.3) is 0 Å². The Bertz CT molecular complexity index is 512. The lowest BCUT2D eigenvalue weighted by Crippen LogP contribution is -2.04. The fraction of sp³-hybridized carbons (Fsp3) is 0.733. The molecule has 0 N–H and O–H groups in total. The normalized spacial score (nSPS) is 10.9. The molecule has 2 aromatic heterocycles. The lowest BCUT2D eigenvalue weighted by Gasteiger charge is -2.01. The van der Waals surface area contributed by atoms with Gasteiger partial charge in [-0.05, 0) is 25.2 Å². The summed E-state index contributed by atoms with van der Waals surface area (Å²) in [4.78, 5) is 0. The highest BCUT2D eigenvalue weighted by molar-refractivity contribution is 4.97. The van der Waals surface area contributed by atoms with E-state index in [2.05, 4.69) is 62.2 Å². The van der Waals surface area contributed by atoms with Crippen molar-refractivity contribution in [3.63, 3.8) is 0 Å². The van der Waals surface area contributed by atoms with Gasteiger partial charge in [-0.2, -0.15) is 0 Å². The molecule has 2 rings (SSSR count). The zero-order chi connectivity index (χ0) is 15.8. The van der Waals surface area contributed by atoms with E-state index in [1.165, 1.54) is 0 Å². The minimum atomic E-state index is 0.486. The highest BCUT2D eigenvalue weighted by Gasteiger charge is 2.02. The van der Waals surface area contributed by atoms with Gasteiger partial charge in [0.05, 0.1) is 11.4 Å². The van der Waals surface area contributed by atoms with Crippen LogP contribution < -0.4 is 0 Å². The second-order valence-electron chi connectivity index (χ2n) is 5.83. The first-order valence-corrected chi connectivity index (χ1v) is 7.75. The van der Waals surface area contributed by atoms with Gasteiger partial charge in [0.15, 0.2) is 0 Å². The molecular formula is C15H28N6. The predicted molar refractivity (Wildman–Crippen MR) is 84.0 cm³/mol. The van der Waals surface area contributed by atoms with E-state index in [-0.39, 0.29) is 0 Å². The first-order valence-electron chi connectivity index (χ1n) is 7.75. The monoisotopic (exact) mass is 292 g/mol. The first-order chi connectivity index (χ1) is 9.96. The zero-order valence-electron chi connectivity index (χ0n) is 14.1. The molecule has 0 saturated heterocycles. The molecule has 6 nitrogen and oxygen atoms in total. The van der Waals surface area contributed by atoms with Crippen molar-refractivity contribution in [1.29, 1.82) is 0 Å². The van der Waals surface area contributed by atoms with Gasteiger partial charge in [0, 0.05) is 25.5 Å². The smallest absolute Gasteiger partial charge is 0.0852 e. The van der Waals surface area contributed by atoms with Crippen molar-refractivity contribution < 1.29 is 0 Å². The molecule has 6 heteroatoms. The Kier molecular flexibility index (Phi) is 7.05. The van der Waals surface area contributed by atoms with Crippen molar-refractivity contribution in [2.45, 2.75) is 67.0 Å². The molecule has 0 aromatic carbocycles. The van der Waals surface area contributed by atoms with E-state index >= 15 is 0 Å². The van der Waals surface area contributed by atoms with Gasteiger partial charge in [-0.15, -0.1) is 10.2 Å². The van der Waals surface area contributed by atoms with Crippen LogP contribution in [0.2, 0.25) is 0 Å². The van der Waals surface area contributed by atoms with E-state index in [1.54, 1.807) is 0 Å².